The molecule has 0 radical (unpaired) electrons. The van der Waals surface area contributed by atoms with Crippen molar-refractivity contribution >= 4 is 15.9 Å². The average molecular weight is 287 g/mol. The highest BCUT2D eigenvalue weighted by molar-refractivity contribution is 9.09. The Hall–Kier alpha value is 0.240. The van der Waals surface area contributed by atoms with E-state index in [1.165, 1.54) is 0 Å². The molecular weight excluding hydrogens is 272 g/mol. The molecule has 2 unspecified atom stereocenters. The molecular formula is C8H15BrO6. The van der Waals surface area contributed by atoms with Crippen LogP contribution in [0.3, 0.4) is 0 Å². The van der Waals surface area contributed by atoms with Crippen molar-refractivity contribution in [2.24, 2.45) is 0 Å². The van der Waals surface area contributed by atoms with Gasteiger partial charge in [-0.25, -0.2) is 0 Å². The zero-order chi connectivity index (χ0) is 11.4. The molecule has 1 aliphatic rings. The van der Waals surface area contributed by atoms with Crippen LogP contribution in [0.5, 0.6) is 0 Å². The number of rotatable bonds is 4. The van der Waals surface area contributed by atoms with Gasteiger partial charge in [-0.2, -0.15) is 0 Å². The molecule has 0 aromatic rings. The Kier molecular flexibility index (Phi) is 5.41. The number of hydrogen-bond acceptors (Lipinski definition) is 6. The molecule has 0 aromatic heterocycles. The maximum absolute atomic E-state index is 9.49. The summed E-state index contributed by atoms with van der Waals surface area (Å²) in [6.45, 7) is -0.151. The van der Waals surface area contributed by atoms with E-state index in [9.17, 15) is 15.3 Å². The monoisotopic (exact) mass is 286 g/mol. The molecule has 0 amide bonds. The van der Waals surface area contributed by atoms with Crippen LogP contribution >= 0.6 is 15.9 Å². The van der Waals surface area contributed by atoms with Crippen LogP contribution in [-0.4, -0.2) is 69.7 Å². The van der Waals surface area contributed by atoms with E-state index in [-0.39, 0.29) is 0 Å². The van der Waals surface area contributed by atoms with Crippen molar-refractivity contribution in [1.29, 1.82) is 0 Å². The van der Waals surface area contributed by atoms with Crippen molar-refractivity contribution in [2.45, 2.75) is 30.7 Å². The first-order valence-electron chi connectivity index (χ1n) is 4.60. The van der Waals surface area contributed by atoms with E-state index < -0.39 is 37.3 Å². The second-order valence-corrected chi connectivity index (χ2v) is 4.05. The first kappa shape index (κ1) is 13.3. The largest absolute Gasteiger partial charge is 0.394 e. The number of aliphatic hydroxyl groups is 4. The Morgan fingerprint density at radius 2 is 1.80 bits per heavy atom. The molecule has 7 heteroatoms. The van der Waals surface area contributed by atoms with Crippen molar-refractivity contribution in [1.82, 2.24) is 0 Å². The van der Waals surface area contributed by atoms with Gasteiger partial charge >= 0.3 is 0 Å². The van der Waals surface area contributed by atoms with Gasteiger partial charge in [-0.1, -0.05) is 15.9 Å². The Morgan fingerprint density at radius 3 is 2.33 bits per heavy atom. The minimum absolute atomic E-state index is 0.294. The van der Waals surface area contributed by atoms with E-state index in [1.807, 2.05) is 0 Å². The third-order valence-electron chi connectivity index (χ3n) is 2.21. The lowest BCUT2D eigenvalue weighted by atomic mass is 9.99. The van der Waals surface area contributed by atoms with Crippen LogP contribution < -0.4 is 0 Å². The molecule has 0 aromatic carbocycles. The molecule has 0 aliphatic carbocycles. The smallest absolute Gasteiger partial charge is 0.186 e. The number of hydrogen-bond donors (Lipinski definition) is 4. The van der Waals surface area contributed by atoms with Gasteiger partial charge in [0.15, 0.2) is 6.29 Å². The van der Waals surface area contributed by atoms with E-state index in [4.69, 9.17) is 14.6 Å². The fraction of sp³-hybridized carbons (Fsp3) is 1.00. The molecule has 1 rings (SSSR count). The van der Waals surface area contributed by atoms with Crippen LogP contribution in [0.25, 0.3) is 0 Å². The van der Waals surface area contributed by atoms with Crippen molar-refractivity contribution in [3.05, 3.63) is 0 Å². The number of alkyl halides is 1. The standard InChI is InChI=1S/C8H15BrO6/c9-1-2-14-8-7(13)6(12)5(11)4(3-10)15-8/h4-8,10-13H,1-3H2/t4-,5-,6?,7-,8?/m1/s1. The van der Waals surface area contributed by atoms with Crippen LogP contribution in [0, 0.1) is 0 Å². The maximum atomic E-state index is 9.49. The molecule has 1 aliphatic heterocycles. The molecule has 90 valence electrons. The van der Waals surface area contributed by atoms with Gasteiger partial charge < -0.3 is 29.9 Å². The second kappa shape index (κ2) is 6.09. The summed E-state index contributed by atoms with van der Waals surface area (Å²) in [5, 5.41) is 37.7. The minimum atomic E-state index is -1.38. The molecule has 0 saturated carbocycles. The molecule has 6 nitrogen and oxygen atoms in total. The lowest BCUT2D eigenvalue weighted by Gasteiger charge is -2.39. The van der Waals surface area contributed by atoms with Crippen molar-refractivity contribution < 1.29 is 29.9 Å². The molecule has 1 fully saturated rings. The van der Waals surface area contributed by atoms with Gasteiger partial charge in [0.05, 0.1) is 13.2 Å². The Bertz CT molecular complexity index is 190. The molecule has 1 heterocycles. The van der Waals surface area contributed by atoms with Gasteiger partial charge in [-0.15, -0.1) is 0 Å². The zero-order valence-electron chi connectivity index (χ0n) is 7.99. The van der Waals surface area contributed by atoms with Gasteiger partial charge in [0, 0.05) is 5.33 Å². The summed E-state index contributed by atoms with van der Waals surface area (Å²) in [6.07, 6.45) is -5.98. The van der Waals surface area contributed by atoms with E-state index in [1.54, 1.807) is 0 Å². The quantitative estimate of drug-likeness (QED) is 0.455. The third-order valence-corrected chi connectivity index (χ3v) is 2.53. The average Bonchev–Trinajstić information content (AvgIpc) is 2.25. The first-order valence-corrected chi connectivity index (χ1v) is 5.72. The fourth-order valence-corrected chi connectivity index (χ4v) is 1.55. The Balaban J connectivity index is 2.57. The van der Waals surface area contributed by atoms with E-state index in [2.05, 4.69) is 15.9 Å². The Labute approximate surface area is 95.6 Å². The maximum Gasteiger partial charge on any atom is 0.186 e. The fourth-order valence-electron chi connectivity index (χ4n) is 1.37. The molecule has 0 spiro atoms. The van der Waals surface area contributed by atoms with Crippen molar-refractivity contribution in [2.75, 3.05) is 18.5 Å². The summed E-state index contributed by atoms with van der Waals surface area (Å²) in [5.74, 6) is 0. The molecule has 0 bridgehead atoms. The highest BCUT2D eigenvalue weighted by atomic mass is 79.9. The molecule has 5 atom stereocenters. The van der Waals surface area contributed by atoms with E-state index >= 15 is 0 Å². The SMILES string of the molecule is OC[C@H]1OC(OCCBr)[C@H](O)C(O)[C@@H]1O. The normalized spacial score (nSPS) is 41.8. The van der Waals surface area contributed by atoms with Gasteiger partial charge in [0.25, 0.3) is 0 Å². The number of ether oxygens (including phenoxy) is 2. The van der Waals surface area contributed by atoms with Gasteiger partial charge in [-0.3, -0.25) is 0 Å². The Morgan fingerprint density at radius 1 is 1.13 bits per heavy atom. The van der Waals surface area contributed by atoms with Gasteiger partial charge in [0.2, 0.25) is 0 Å². The zero-order valence-corrected chi connectivity index (χ0v) is 9.58. The number of halogens is 1. The predicted octanol–water partition coefficient (Wildman–Crippen LogP) is -1.80. The van der Waals surface area contributed by atoms with Crippen LogP contribution in [-0.2, 0) is 9.47 Å². The minimum Gasteiger partial charge on any atom is -0.394 e. The van der Waals surface area contributed by atoms with Crippen LogP contribution in [0.1, 0.15) is 0 Å². The summed E-state index contributed by atoms with van der Waals surface area (Å²) >= 11 is 3.13. The van der Waals surface area contributed by atoms with Crippen LogP contribution in [0.2, 0.25) is 0 Å². The van der Waals surface area contributed by atoms with Crippen molar-refractivity contribution in [3.8, 4) is 0 Å². The highest BCUT2D eigenvalue weighted by Gasteiger charge is 2.43. The first-order chi connectivity index (χ1) is 7.11. The lowest BCUT2D eigenvalue weighted by molar-refractivity contribution is -0.299. The third kappa shape index (κ3) is 3.10. The van der Waals surface area contributed by atoms with Gasteiger partial charge in [-0.05, 0) is 0 Å². The summed E-state index contributed by atoms with van der Waals surface area (Å²) in [7, 11) is 0. The molecule has 15 heavy (non-hydrogen) atoms. The topological polar surface area (TPSA) is 99.4 Å². The predicted molar refractivity (Wildman–Crippen MR) is 53.5 cm³/mol. The molecule has 1 saturated heterocycles. The van der Waals surface area contributed by atoms with Crippen LogP contribution in [0.4, 0.5) is 0 Å². The second-order valence-electron chi connectivity index (χ2n) is 3.26. The summed E-state index contributed by atoms with van der Waals surface area (Å²) in [6, 6.07) is 0. The highest BCUT2D eigenvalue weighted by Crippen LogP contribution is 2.21. The summed E-state index contributed by atoms with van der Waals surface area (Å²) in [4.78, 5) is 0. The van der Waals surface area contributed by atoms with E-state index in [0.29, 0.717) is 11.9 Å². The summed E-state index contributed by atoms with van der Waals surface area (Å²) in [5.41, 5.74) is 0. The van der Waals surface area contributed by atoms with Crippen molar-refractivity contribution in [3.63, 3.8) is 0 Å². The lowest BCUT2D eigenvalue weighted by Crippen LogP contribution is -2.59. The summed E-state index contributed by atoms with van der Waals surface area (Å²) < 4.78 is 10.2. The molecule has 4 N–H and O–H groups in total. The van der Waals surface area contributed by atoms with E-state index in [0.717, 1.165) is 0 Å². The van der Waals surface area contributed by atoms with Crippen LogP contribution in [0.15, 0.2) is 0 Å². The van der Waals surface area contributed by atoms with Gasteiger partial charge in [0.1, 0.15) is 24.4 Å². The number of aliphatic hydroxyl groups excluding tert-OH is 4.